The number of rotatable bonds is 6. The van der Waals surface area contributed by atoms with E-state index in [1.807, 2.05) is 37.3 Å². The highest BCUT2D eigenvalue weighted by Gasteiger charge is 2.37. The van der Waals surface area contributed by atoms with Crippen LogP contribution < -0.4 is 5.32 Å². The second-order valence-corrected chi connectivity index (χ2v) is 8.41. The molecule has 0 aliphatic rings. The fourth-order valence-corrected chi connectivity index (χ4v) is 3.44. The van der Waals surface area contributed by atoms with Crippen LogP contribution in [0.3, 0.4) is 0 Å². The van der Waals surface area contributed by atoms with Crippen molar-refractivity contribution in [3.63, 3.8) is 0 Å². The Morgan fingerprint density at radius 3 is 2.45 bits per heavy atom. The Kier molecular flexibility index (Phi) is 5.51. The number of nitrogens with zero attached hydrogens (tertiary/aromatic N) is 3. The van der Waals surface area contributed by atoms with E-state index in [1.165, 1.54) is 0 Å². The first-order valence-electron chi connectivity index (χ1n) is 9.10. The lowest BCUT2D eigenvalue weighted by molar-refractivity contribution is 0.0938. The van der Waals surface area contributed by atoms with Gasteiger partial charge in [-0.3, -0.25) is 9.36 Å². The van der Waals surface area contributed by atoms with Crippen LogP contribution in [0.4, 0.5) is 0 Å². The molecule has 4 rings (SSSR count). The SMILES string of the molecule is Cc1ccc(C(=O)NC(c2nnc(-c3cc(-c4ccccc4)on3)o2)P(=O)(O)O)cc1. The van der Waals surface area contributed by atoms with Crippen LogP contribution in [0, 0.1) is 6.92 Å². The molecule has 0 aliphatic carbocycles. The monoisotopic (exact) mass is 440 g/mol. The summed E-state index contributed by atoms with van der Waals surface area (Å²) in [7, 11) is -4.87. The topological polar surface area (TPSA) is 152 Å². The molecule has 1 atom stereocenters. The van der Waals surface area contributed by atoms with E-state index in [4.69, 9.17) is 8.94 Å². The first-order chi connectivity index (χ1) is 14.8. The average Bonchev–Trinajstić information content (AvgIpc) is 3.42. The maximum absolute atomic E-state index is 12.5. The number of carbonyl (C=O) groups is 1. The van der Waals surface area contributed by atoms with Crippen LogP contribution in [0.1, 0.15) is 27.6 Å². The number of aromatic nitrogens is 3. The Hall–Kier alpha value is -3.59. The molecule has 4 aromatic rings. The third-order valence-corrected chi connectivity index (χ3v) is 5.40. The van der Waals surface area contributed by atoms with Crippen molar-refractivity contribution in [2.75, 3.05) is 0 Å². The van der Waals surface area contributed by atoms with E-state index in [2.05, 4.69) is 20.7 Å². The van der Waals surface area contributed by atoms with Crippen molar-refractivity contribution < 1.29 is 28.1 Å². The molecular formula is C20H17N4O6P. The zero-order chi connectivity index (χ0) is 22.0. The van der Waals surface area contributed by atoms with Gasteiger partial charge in [0.15, 0.2) is 11.5 Å². The second-order valence-electron chi connectivity index (χ2n) is 6.72. The molecule has 3 N–H and O–H groups in total. The molecule has 2 heterocycles. The summed E-state index contributed by atoms with van der Waals surface area (Å²) in [4.78, 5) is 31.9. The van der Waals surface area contributed by atoms with Gasteiger partial charge in [-0.1, -0.05) is 53.2 Å². The normalized spacial score (nSPS) is 12.5. The van der Waals surface area contributed by atoms with Crippen LogP contribution >= 0.6 is 7.60 Å². The Morgan fingerprint density at radius 2 is 1.77 bits per heavy atom. The van der Waals surface area contributed by atoms with Crippen molar-refractivity contribution in [3.8, 4) is 22.9 Å². The van der Waals surface area contributed by atoms with Crippen LogP contribution in [0.25, 0.3) is 22.9 Å². The molecule has 2 aromatic heterocycles. The van der Waals surface area contributed by atoms with Crippen LogP contribution in [0.15, 0.2) is 69.6 Å². The maximum atomic E-state index is 12.5. The van der Waals surface area contributed by atoms with Crippen molar-refractivity contribution >= 4 is 13.5 Å². The number of amides is 1. The molecule has 0 radical (unpaired) electrons. The lowest BCUT2D eigenvalue weighted by Gasteiger charge is -2.16. The van der Waals surface area contributed by atoms with Gasteiger partial charge in [0.05, 0.1) is 0 Å². The van der Waals surface area contributed by atoms with Crippen LogP contribution in [0.2, 0.25) is 0 Å². The van der Waals surface area contributed by atoms with Crippen LogP contribution in [0.5, 0.6) is 0 Å². The Balaban J connectivity index is 1.59. The average molecular weight is 440 g/mol. The van der Waals surface area contributed by atoms with Gasteiger partial charge in [0.1, 0.15) is 0 Å². The molecule has 0 saturated carbocycles. The van der Waals surface area contributed by atoms with Gasteiger partial charge in [-0.2, -0.15) is 0 Å². The summed E-state index contributed by atoms with van der Waals surface area (Å²) >= 11 is 0. The van der Waals surface area contributed by atoms with Gasteiger partial charge < -0.3 is 24.0 Å². The molecule has 11 heteroatoms. The summed E-state index contributed by atoms with van der Waals surface area (Å²) in [6, 6.07) is 17.3. The van der Waals surface area contributed by atoms with E-state index in [-0.39, 0.29) is 17.1 Å². The molecule has 0 aliphatic heterocycles. The number of benzene rings is 2. The minimum absolute atomic E-state index is 0.107. The minimum atomic E-state index is -4.87. The number of nitrogens with one attached hydrogen (secondary N) is 1. The molecular weight excluding hydrogens is 423 g/mol. The lowest BCUT2D eigenvalue weighted by Crippen LogP contribution is -2.28. The lowest BCUT2D eigenvalue weighted by atomic mass is 10.1. The van der Waals surface area contributed by atoms with Gasteiger partial charge >= 0.3 is 7.60 Å². The molecule has 0 fully saturated rings. The summed E-state index contributed by atoms with van der Waals surface area (Å²) in [5, 5.41) is 13.6. The highest BCUT2D eigenvalue weighted by molar-refractivity contribution is 7.52. The molecule has 0 spiro atoms. The molecule has 1 amide bonds. The maximum Gasteiger partial charge on any atom is 0.357 e. The predicted molar refractivity (Wildman–Crippen MR) is 109 cm³/mol. The molecule has 10 nitrogen and oxygen atoms in total. The van der Waals surface area contributed by atoms with Gasteiger partial charge in [-0.25, -0.2) is 0 Å². The summed E-state index contributed by atoms with van der Waals surface area (Å²) in [6.07, 6.45) is 0. The van der Waals surface area contributed by atoms with Gasteiger partial charge in [0, 0.05) is 17.2 Å². The molecule has 1 unspecified atom stereocenters. The second kappa shape index (κ2) is 8.27. The first-order valence-corrected chi connectivity index (χ1v) is 10.8. The Morgan fingerprint density at radius 1 is 1.06 bits per heavy atom. The van der Waals surface area contributed by atoms with E-state index in [1.54, 1.807) is 30.3 Å². The highest BCUT2D eigenvalue weighted by atomic mass is 31.2. The fraction of sp³-hybridized carbons (Fsp3) is 0.100. The Labute approximate surface area is 176 Å². The number of hydrogen-bond donors (Lipinski definition) is 3. The zero-order valence-electron chi connectivity index (χ0n) is 16.2. The van der Waals surface area contributed by atoms with Crippen LogP contribution in [-0.4, -0.2) is 31.0 Å². The van der Waals surface area contributed by atoms with Crippen molar-refractivity contribution in [2.45, 2.75) is 12.7 Å². The fourth-order valence-electron chi connectivity index (χ4n) is 2.77. The van der Waals surface area contributed by atoms with Crippen molar-refractivity contribution in [1.82, 2.24) is 20.7 Å². The van der Waals surface area contributed by atoms with E-state index < -0.39 is 25.2 Å². The third-order valence-electron chi connectivity index (χ3n) is 4.38. The Bertz CT molecular complexity index is 1250. The largest absolute Gasteiger partial charge is 0.416 e. The first kappa shape index (κ1) is 20.7. The third kappa shape index (κ3) is 4.61. The molecule has 0 saturated heterocycles. The molecule has 0 bridgehead atoms. The standard InChI is InChI=1S/C20H17N4O6P/c1-12-7-9-14(10-8-12)17(25)21-20(31(26,27)28)19-23-22-18(29-19)15-11-16(30-24-15)13-5-3-2-4-6-13/h2-11,20H,1H3,(H,21,25)(H2,26,27,28). The molecule has 2 aromatic carbocycles. The van der Waals surface area contributed by atoms with E-state index in [0.29, 0.717) is 5.76 Å². The van der Waals surface area contributed by atoms with Crippen molar-refractivity contribution in [2.24, 2.45) is 0 Å². The molecule has 31 heavy (non-hydrogen) atoms. The van der Waals surface area contributed by atoms with Gasteiger partial charge in [-0.05, 0) is 19.1 Å². The number of hydrogen-bond acceptors (Lipinski definition) is 7. The summed E-state index contributed by atoms with van der Waals surface area (Å²) in [5.41, 5.74) is 2.13. The van der Waals surface area contributed by atoms with Gasteiger partial charge in [0.2, 0.25) is 5.78 Å². The number of carbonyl (C=O) groups excluding carboxylic acids is 1. The van der Waals surface area contributed by atoms with Crippen molar-refractivity contribution in [1.29, 1.82) is 0 Å². The summed E-state index contributed by atoms with van der Waals surface area (Å²) in [6.45, 7) is 1.85. The smallest absolute Gasteiger partial charge is 0.357 e. The van der Waals surface area contributed by atoms with Gasteiger partial charge in [-0.15, -0.1) is 10.2 Å². The summed E-state index contributed by atoms with van der Waals surface area (Å²) in [5.74, 6) is -2.62. The van der Waals surface area contributed by atoms with E-state index >= 15 is 0 Å². The molecule has 158 valence electrons. The van der Waals surface area contributed by atoms with Crippen molar-refractivity contribution in [3.05, 3.63) is 77.7 Å². The van der Waals surface area contributed by atoms with Gasteiger partial charge in [0.25, 0.3) is 17.7 Å². The predicted octanol–water partition coefficient (Wildman–Crippen LogP) is 3.31. The summed E-state index contributed by atoms with van der Waals surface area (Å²) < 4.78 is 22.7. The van der Waals surface area contributed by atoms with E-state index in [9.17, 15) is 19.1 Å². The zero-order valence-corrected chi connectivity index (χ0v) is 17.1. The number of aryl methyl sites for hydroxylation is 1. The quantitative estimate of drug-likeness (QED) is 0.383. The van der Waals surface area contributed by atoms with Crippen LogP contribution in [-0.2, 0) is 4.57 Å². The minimum Gasteiger partial charge on any atom is -0.416 e. The highest BCUT2D eigenvalue weighted by Crippen LogP contribution is 2.49. The van der Waals surface area contributed by atoms with E-state index in [0.717, 1.165) is 11.1 Å².